The van der Waals surface area contributed by atoms with E-state index in [0.29, 0.717) is 31.5 Å². The van der Waals surface area contributed by atoms with E-state index in [4.69, 9.17) is 0 Å². The molecule has 46 heavy (non-hydrogen) atoms. The summed E-state index contributed by atoms with van der Waals surface area (Å²) in [7, 11) is 0. The molecule has 1 fully saturated rings. The van der Waals surface area contributed by atoms with Gasteiger partial charge in [-0.25, -0.2) is 9.98 Å². The maximum Gasteiger partial charge on any atom is 0.216 e. The Morgan fingerprint density at radius 1 is 0.522 bits per heavy atom. The molecule has 4 aromatic carbocycles. The molecule has 0 unspecified atom stereocenters. The summed E-state index contributed by atoms with van der Waals surface area (Å²) < 4.78 is 4.68. The van der Waals surface area contributed by atoms with Gasteiger partial charge in [-0.15, -0.1) is 45.3 Å². The van der Waals surface area contributed by atoms with E-state index in [-0.39, 0.29) is 37.8 Å². The molecule has 6 nitrogen and oxygen atoms in total. The molecular weight excluding hydrogens is 653 g/mol. The smallest absolute Gasteiger partial charge is 0.216 e. The molecule has 0 amide bonds. The van der Waals surface area contributed by atoms with E-state index in [1.54, 1.807) is 93.9 Å². The number of fused-ring (bicyclic) bond motifs is 11. The second-order valence-corrected chi connectivity index (χ2v) is 16.3. The molecule has 4 heterocycles. The van der Waals surface area contributed by atoms with Crippen LogP contribution in [0.4, 0.5) is 10.0 Å². The van der Waals surface area contributed by atoms with Crippen LogP contribution in [0.15, 0.2) is 89.8 Å². The SMILES string of the molecule is O=c1c(=Nc2cc3sc4c(c3s2)C2(CCCCC2)c2c-4sc3cc(N=c4c(=O)c5ccccc5c4=O)sc23)c(=O)c2ccccc12. The van der Waals surface area contributed by atoms with Crippen molar-refractivity contribution in [3.8, 4) is 9.75 Å². The minimum atomic E-state index is -0.308. The van der Waals surface area contributed by atoms with Gasteiger partial charge >= 0.3 is 0 Å². The lowest BCUT2D eigenvalue weighted by Gasteiger charge is -2.35. The summed E-state index contributed by atoms with van der Waals surface area (Å²) in [4.78, 5) is 64.1. The molecule has 222 valence electrons. The summed E-state index contributed by atoms with van der Waals surface area (Å²) in [5.74, 6) is 0. The average Bonchev–Trinajstić information content (AvgIpc) is 3.91. The highest BCUT2D eigenvalue weighted by Gasteiger charge is 2.49. The van der Waals surface area contributed by atoms with Crippen molar-refractivity contribution < 1.29 is 0 Å². The van der Waals surface area contributed by atoms with Crippen LogP contribution in [0.3, 0.4) is 0 Å². The van der Waals surface area contributed by atoms with Crippen molar-refractivity contribution in [2.75, 3.05) is 0 Å². The van der Waals surface area contributed by atoms with Crippen LogP contribution >= 0.6 is 45.3 Å². The first-order valence-corrected chi connectivity index (χ1v) is 18.4. The van der Waals surface area contributed by atoms with Gasteiger partial charge in [0, 0.05) is 47.5 Å². The summed E-state index contributed by atoms with van der Waals surface area (Å²) in [6, 6.07) is 17.9. The third-order valence-corrected chi connectivity index (χ3v) is 14.5. The molecule has 0 saturated heterocycles. The normalized spacial score (nSPS) is 15.5. The van der Waals surface area contributed by atoms with Gasteiger partial charge in [0.2, 0.25) is 21.7 Å². The molecule has 2 aliphatic rings. The molecule has 1 spiro atoms. The fourth-order valence-corrected chi connectivity index (χ4v) is 13.3. The number of rotatable bonds is 2. The Morgan fingerprint density at radius 2 is 0.913 bits per heavy atom. The highest BCUT2D eigenvalue weighted by atomic mass is 32.1. The van der Waals surface area contributed by atoms with Crippen molar-refractivity contribution >= 4 is 95.7 Å². The number of benzene rings is 2. The van der Waals surface area contributed by atoms with Crippen molar-refractivity contribution in [3.63, 3.8) is 0 Å². The van der Waals surface area contributed by atoms with Crippen LogP contribution < -0.4 is 32.4 Å². The lowest BCUT2D eigenvalue weighted by Crippen LogP contribution is -2.31. The van der Waals surface area contributed by atoms with Crippen LogP contribution in [0.2, 0.25) is 0 Å². The van der Waals surface area contributed by atoms with E-state index in [2.05, 4.69) is 9.98 Å². The largest absolute Gasteiger partial charge is 0.287 e. The zero-order valence-corrected chi connectivity index (χ0v) is 27.2. The predicted octanol–water partition coefficient (Wildman–Crippen LogP) is 7.43. The predicted molar refractivity (Wildman–Crippen MR) is 190 cm³/mol. The summed E-state index contributed by atoms with van der Waals surface area (Å²) >= 11 is 6.71. The lowest BCUT2D eigenvalue weighted by molar-refractivity contribution is 0.358. The van der Waals surface area contributed by atoms with Gasteiger partial charge < -0.3 is 0 Å². The van der Waals surface area contributed by atoms with E-state index in [0.717, 1.165) is 35.1 Å². The fraction of sp³-hybridized carbons (Fsp3) is 0.167. The Kier molecular flexibility index (Phi) is 5.52. The van der Waals surface area contributed by atoms with Crippen LogP contribution in [0, 0.1) is 0 Å². The lowest BCUT2D eigenvalue weighted by atomic mass is 9.68. The van der Waals surface area contributed by atoms with Gasteiger partial charge in [0.1, 0.15) is 10.0 Å². The van der Waals surface area contributed by atoms with Gasteiger partial charge in [0.05, 0.1) is 19.2 Å². The van der Waals surface area contributed by atoms with Crippen LogP contribution in [-0.2, 0) is 5.41 Å². The molecule has 0 N–H and O–H groups in total. The van der Waals surface area contributed by atoms with E-state index < -0.39 is 0 Å². The number of hydrogen-bond acceptors (Lipinski definition) is 10. The van der Waals surface area contributed by atoms with Crippen molar-refractivity contribution in [2.24, 2.45) is 9.98 Å². The van der Waals surface area contributed by atoms with Crippen LogP contribution in [0.1, 0.15) is 43.2 Å². The molecule has 10 heteroatoms. The standard InChI is InChI=1S/C36H20N2O4S4/c39-28-16-8-2-3-9-17(16)29(40)26(28)37-22-14-20-32(45-22)24-34(43-20)35-25(36(24)12-6-1-7-13-36)33-21(44-35)15-23(46-33)38-27-30(41)18-10-4-5-11-19(18)31(27)42/h2-5,8-11,14-15H,1,6-7,12-13H2. The molecule has 2 aliphatic carbocycles. The van der Waals surface area contributed by atoms with Gasteiger partial charge in [0.25, 0.3) is 0 Å². The monoisotopic (exact) mass is 672 g/mol. The molecule has 10 rings (SSSR count). The van der Waals surface area contributed by atoms with E-state index in [1.165, 1.54) is 36.7 Å². The molecule has 0 aliphatic heterocycles. The third-order valence-electron chi connectivity index (χ3n) is 9.71. The van der Waals surface area contributed by atoms with Crippen molar-refractivity contribution in [1.29, 1.82) is 0 Å². The van der Waals surface area contributed by atoms with E-state index >= 15 is 0 Å². The van der Waals surface area contributed by atoms with Crippen LogP contribution in [-0.4, -0.2) is 0 Å². The first-order chi connectivity index (χ1) is 22.4. The molecular formula is C36H20N2O4S4. The van der Waals surface area contributed by atoms with Gasteiger partial charge in [-0.2, -0.15) is 0 Å². The minimum Gasteiger partial charge on any atom is -0.287 e. The van der Waals surface area contributed by atoms with Gasteiger partial charge in [-0.1, -0.05) is 67.8 Å². The Labute approximate surface area is 274 Å². The van der Waals surface area contributed by atoms with Crippen LogP contribution in [0.25, 0.3) is 50.1 Å². The Balaban J connectivity index is 1.15. The van der Waals surface area contributed by atoms with E-state index in [9.17, 15) is 19.2 Å². The fourth-order valence-electron chi connectivity index (χ4n) is 7.73. The Hall–Kier alpha value is -4.22. The van der Waals surface area contributed by atoms with E-state index in [1.807, 2.05) is 12.1 Å². The zero-order chi connectivity index (χ0) is 30.9. The van der Waals surface area contributed by atoms with Gasteiger partial charge in [-0.3, -0.25) is 19.2 Å². The average molecular weight is 673 g/mol. The van der Waals surface area contributed by atoms with Crippen molar-refractivity contribution in [3.05, 3.63) is 123 Å². The minimum absolute atomic E-state index is 0.00463. The number of thiophene rings is 4. The van der Waals surface area contributed by atoms with Crippen LogP contribution in [0.5, 0.6) is 0 Å². The molecule has 4 aromatic heterocycles. The highest BCUT2D eigenvalue weighted by Crippen LogP contribution is 2.66. The zero-order valence-electron chi connectivity index (χ0n) is 24.0. The maximum absolute atomic E-state index is 13.0. The second kappa shape index (κ2) is 9.42. The molecule has 8 aromatic rings. The molecule has 0 radical (unpaired) electrons. The first kappa shape index (κ1) is 26.9. The van der Waals surface area contributed by atoms with Gasteiger partial charge in [0.15, 0.2) is 10.7 Å². The topological polar surface area (TPSA) is 93.0 Å². The highest BCUT2D eigenvalue weighted by molar-refractivity contribution is 7.36. The second-order valence-electron chi connectivity index (χ2n) is 12.1. The summed E-state index contributed by atoms with van der Waals surface area (Å²) in [5, 5.41) is 3.05. The Bertz CT molecular complexity index is 2650. The quantitative estimate of drug-likeness (QED) is 0.191. The molecule has 1 saturated carbocycles. The maximum atomic E-state index is 13.0. The number of nitrogens with zero attached hydrogens (tertiary/aromatic N) is 2. The molecule has 0 atom stereocenters. The summed E-state index contributed by atoms with van der Waals surface area (Å²) in [5.41, 5.74) is 1.38. The summed E-state index contributed by atoms with van der Waals surface area (Å²) in [6.07, 6.45) is 5.57. The third kappa shape index (κ3) is 3.44. The van der Waals surface area contributed by atoms with Crippen molar-refractivity contribution in [2.45, 2.75) is 37.5 Å². The Morgan fingerprint density at radius 3 is 1.30 bits per heavy atom. The van der Waals surface area contributed by atoms with Gasteiger partial charge in [-0.05, 0) is 25.0 Å². The first-order valence-electron chi connectivity index (χ1n) is 15.1. The van der Waals surface area contributed by atoms with Crippen molar-refractivity contribution in [1.82, 2.24) is 0 Å². The summed E-state index contributed by atoms with van der Waals surface area (Å²) in [6.45, 7) is 0. The molecule has 0 bridgehead atoms. The number of hydrogen-bond donors (Lipinski definition) is 0.